The quantitative estimate of drug-likeness (QED) is 0.819. The van der Waals surface area contributed by atoms with Gasteiger partial charge in [0.2, 0.25) is 5.91 Å². The van der Waals surface area contributed by atoms with Crippen molar-refractivity contribution in [3.05, 3.63) is 41.6 Å². The molecule has 94 valence electrons. The predicted octanol–water partition coefficient (Wildman–Crippen LogP) is 3.07. The standard InChI is InChI=1S/C15H18N2O/c1-2-3-4-5-11-8-12-6-7-13(15(16)18)9-14(12)17-10-11/h6-10H,2-5H2,1H3,(H2,16,18). The van der Waals surface area contributed by atoms with Crippen LogP contribution in [0, 0.1) is 0 Å². The van der Waals surface area contributed by atoms with Crippen LogP contribution in [0.4, 0.5) is 0 Å². The Hall–Kier alpha value is -1.90. The van der Waals surface area contributed by atoms with Crippen LogP contribution in [0.5, 0.6) is 0 Å². The van der Waals surface area contributed by atoms with Gasteiger partial charge in [-0.1, -0.05) is 25.8 Å². The number of primary amides is 1. The molecule has 3 heteroatoms. The van der Waals surface area contributed by atoms with E-state index in [1.54, 1.807) is 12.1 Å². The van der Waals surface area contributed by atoms with Gasteiger partial charge in [-0.25, -0.2) is 0 Å². The first-order valence-corrected chi connectivity index (χ1v) is 6.39. The number of carbonyl (C=O) groups is 1. The lowest BCUT2D eigenvalue weighted by atomic mass is 10.1. The molecule has 1 aromatic heterocycles. The van der Waals surface area contributed by atoms with Crippen LogP contribution in [0.2, 0.25) is 0 Å². The van der Waals surface area contributed by atoms with Crippen LogP contribution >= 0.6 is 0 Å². The molecule has 2 aromatic rings. The second kappa shape index (κ2) is 5.63. The zero-order valence-corrected chi connectivity index (χ0v) is 10.6. The zero-order valence-electron chi connectivity index (χ0n) is 10.6. The van der Waals surface area contributed by atoms with E-state index in [-0.39, 0.29) is 0 Å². The summed E-state index contributed by atoms with van der Waals surface area (Å²) in [5.41, 5.74) is 7.83. The molecule has 2 rings (SSSR count). The maximum Gasteiger partial charge on any atom is 0.248 e. The second-order valence-electron chi connectivity index (χ2n) is 4.57. The highest BCUT2D eigenvalue weighted by molar-refractivity contribution is 5.96. The van der Waals surface area contributed by atoms with Crippen molar-refractivity contribution in [2.45, 2.75) is 32.6 Å². The lowest BCUT2D eigenvalue weighted by Gasteiger charge is -2.04. The van der Waals surface area contributed by atoms with Gasteiger partial charge in [0.05, 0.1) is 5.52 Å². The van der Waals surface area contributed by atoms with E-state index in [9.17, 15) is 4.79 Å². The van der Waals surface area contributed by atoms with Gasteiger partial charge in [0, 0.05) is 17.1 Å². The SMILES string of the molecule is CCCCCc1cnc2cc(C(N)=O)ccc2c1. The molecule has 0 saturated carbocycles. The topological polar surface area (TPSA) is 56.0 Å². The smallest absolute Gasteiger partial charge is 0.248 e. The summed E-state index contributed by atoms with van der Waals surface area (Å²) >= 11 is 0. The van der Waals surface area contributed by atoms with Gasteiger partial charge in [-0.05, 0) is 36.6 Å². The second-order valence-corrected chi connectivity index (χ2v) is 4.57. The summed E-state index contributed by atoms with van der Waals surface area (Å²) in [4.78, 5) is 15.5. The lowest BCUT2D eigenvalue weighted by Crippen LogP contribution is -2.10. The summed E-state index contributed by atoms with van der Waals surface area (Å²) in [5, 5.41) is 1.06. The van der Waals surface area contributed by atoms with E-state index in [0.717, 1.165) is 17.3 Å². The molecule has 0 spiro atoms. The number of hydrogen-bond acceptors (Lipinski definition) is 2. The Labute approximate surface area is 107 Å². The van der Waals surface area contributed by atoms with Crippen LogP contribution in [0.15, 0.2) is 30.5 Å². The Morgan fingerprint density at radius 1 is 1.28 bits per heavy atom. The van der Waals surface area contributed by atoms with E-state index in [4.69, 9.17) is 5.73 Å². The highest BCUT2D eigenvalue weighted by atomic mass is 16.1. The largest absolute Gasteiger partial charge is 0.366 e. The Morgan fingerprint density at radius 3 is 2.83 bits per heavy atom. The Bertz CT molecular complexity index is 563. The molecule has 1 amide bonds. The summed E-state index contributed by atoms with van der Waals surface area (Å²) in [6.45, 7) is 2.20. The van der Waals surface area contributed by atoms with Crippen LogP contribution in [-0.4, -0.2) is 10.9 Å². The molecule has 18 heavy (non-hydrogen) atoms. The van der Waals surface area contributed by atoms with Gasteiger partial charge in [-0.2, -0.15) is 0 Å². The zero-order chi connectivity index (χ0) is 13.0. The maximum atomic E-state index is 11.1. The molecule has 0 aliphatic heterocycles. The van der Waals surface area contributed by atoms with Crippen molar-refractivity contribution in [2.24, 2.45) is 5.73 Å². The summed E-state index contributed by atoms with van der Waals surface area (Å²) in [5.74, 6) is -0.411. The molecule has 3 nitrogen and oxygen atoms in total. The average Bonchev–Trinajstić information content (AvgIpc) is 2.38. The minimum Gasteiger partial charge on any atom is -0.366 e. The van der Waals surface area contributed by atoms with Crippen LogP contribution in [-0.2, 0) is 6.42 Å². The molecule has 0 fully saturated rings. The summed E-state index contributed by atoms with van der Waals surface area (Å²) in [7, 11) is 0. The molecule has 1 aromatic carbocycles. The van der Waals surface area contributed by atoms with Gasteiger partial charge in [0.15, 0.2) is 0 Å². The number of aromatic nitrogens is 1. The van der Waals surface area contributed by atoms with Gasteiger partial charge in [-0.15, -0.1) is 0 Å². The summed E-state index contributed by atoms with van der Waals surface area (Å²) in [6, 6.07) is 7.55. The maximum absolute atomic E-state index is 11.1. The average molecular weight is 242 g/mol. The third-order valence-electron chi connectivity index (χ3n) is 3.09. The van der Waals surface area contributed by atoms with Crippen LogP contribution in [0.1, 0.15) is 42.1 Å². The highest BCUT2D eigenvalue weighted by Gasteiger charge is 2.03. The molecule has 0 radical (unpaired) electrons. The summed E-state index contributed by atoms with van der Waals surface area (Å²) in [6.07, 6.45) is 6.63. The van der Waals surface area contributed by atoms with Crippen molar-refractivity contribution < 1.29 is 4.79 Å². The van der Waals surface area contributed by atoms with Gasteiger partial charge in [-0.3, -0.25) is 9.78 Å². The Balaban J connectivity index is 2.24. The van der Waals surface area contributed by atoms with Gasteiger partial charge < -0.3 is 5.73 Å². The van der Waals surface area contributed by atoms with E-state index >= 15 is 0 Å². The number of unbranched alkanes of at least 4 members (excludes halogenated alkanes) is 2. The number of fused-ring (bicyclic) bond motifs is 1. The van der Waals surface area contributed by atoms with E-state index in [1.807, 2.05) is 12.3 Å². The normalized spacial score (nSPS) is 10.7. The molecular formula is C15H18N2O. The molecular weight excluding hydrogens is 224 g/mol. The monoisotopic (exact) mass is 242 g/mol. The first-order valence-electron chi connectivity index (χ1n) is 6.39. The molecule has 0 bridgehead atoms. The Kier molecular flexibility index (Phi) is 3.92. The van der Waals surface area contributed by atoms with Crippen molar-refractivity contribution in [1.82, 2.24) is 4.98 Å². The molecule has 0 atom stereocenters. The Morgan fingerprint density at radius 2 is 2.11 bits per heavy atom. The minimum absolute atomic E-state index is 0.411. The number of pyridine rings is 1. The first kappa shape index (κ1) is 12.6. The first-order chi connectivity index (χ1) is 8.70. The lowest BCUT2D eigenvalue weighted by molar-refractivity contribution is 0.100. The number of nitrogens with two attached hydrogens (primary N) is 1. The fraction of sp³-hybridized carbons (Fsp3) is 0.333. The van der Waals surface area contributed by atoms with Gasteiger partial charge in [0.25, 0.3) is 0 Å². The fourth-order valence-corrected chi connectivity index (χ4v) is 2.04. The van der Waals surface area contributed by atoms with Crippen molar-refractivity contribution in [2.75, 3.05) is 0 Å². The van der Waals surface area contributed by atoms with E-state index in [1.165, 1.54) is 24.8 Å². The number of carbonyl (C=O) groups excluding carboxylic acids is 1. The van der Waals surface area contributed by atoms with Gasteiger partial charge in [0.1, 0.15) is 0 Å². The fourth-order valence-electron chi connectivity index (χ4n) is 2.04. The van der Waals surface area contributed by atoms with E-state index in [2.05, 4.69) is 18.0 Å². The number of hydrogen-bond donors (Lipinski definition) is 1. The van der Waals surface area contributed by atoms with Crippen LogP contribution in [0.3, 0.4) is 0 Å². The van der Waals surface area contributed by atoms with E-state index in [0.29, 0.717) is 5.56 Å². The van der Waals surface area contributed by atoms with Crippen molar-refractivity contribution in [3.63, 3.8) is 0 Å². The van der Waals surface area contributed by atoms with Crippen molar-refractivity contribution in [3.8, 4) is 0 Å². The number of nitrogens with zero attached hydrogens (tertiary/aromatic N) is 1. The number of aryl methyl sites for hydroxylation is 1. The molecule has 2 N–H and O–H groups in total. The molecule has 0 unspecified atom stereocenters. The molecule has 1 heterocycles. The van der Waals surface area contributed by atoms with Crippen LogP contribution < -0.4 is 5.73 Å². The molecule has 0 aliphatic rings. The number of amides is 1. The molecule has 0 aliphatic carbocycles. The van der Waals surface area contributed by atoms with Crippen LogP contribution in [0.25, 0.3) is 10.9 Å². The third-order valence-corrected chi connectivity index (χ3v) is 3.09. The third kappa shape index (κ3) is 2.86. The predicted molar refractivity (Wildman–Crippen MR) is 73.5 cm³/mol. The number of rotatable bonds is 5. The molecule has 0 saturated heterocycles. The minimum atomic E-state index is -0.411. The van der Waals surface area contributed by atoms with E-state index < -0.39 is 5.91 Å². The van der Waals surface area contributed by atoms with Crippen molar-refractivity contribution in [1.29, 1.82) is 0 Å². The van der Waals surface area contributed by atoms with Gasteiger partial charge >= 0.3 is 0 Å². The summed E-state index contributed by atoms with van der Waals surface area (Å²) < 4.78 is 0. The number of benzene rings is 1. The highest BCUT2D eigenvalue weighted by Crippen LogP contribution is 2.16. The van der Waals surface area contributed by atoms with Crippen molar-refractivity contribution >= 4 is 16.8 Å².